The van der Waals surface area contributed by atoms with E-state index in [0.29, 0.717) is 11.4 Å². The molecule has 1 atom stereocenters. The summed E-state index contributed by atoms with van der Waals surface area (Å²) in [5.74, 6) is -1.21. The quantitative estimate of drug-likeness (QED) is 0.457. The van der Waals surface area contributed by atoms with Gasteiger partial charge >= 0.3 is 0 Å². The Morgan fingerprint density at radius 2 is 1.57 bits per heavy atom. The van der Waals surface area contributed by atoms with E-state index in [9.17, 15) is 22.4 Å². The van der Waals surface area contributed by atoms with Gasteiger partial charge in [0.2, 0.25) is 5.91 Å². The predicted molar refractivity (Wildman–Crippen MR) is 130 cm³/mol. The van der Waals surface area contributed by atoms with Crippen LogP contribution in [0.2, 0.25) is 0 Å². The number of amides is 2. The fourth-order valence-corrected chi connectivity index (χ4v) is 4.54. The maximum Gasteiger partial charge on any atom is 0.257 e. The number of hydrogen-bond acceptors (Lipinski definition) is 5. The number of nitrogens with one attached hydrogen (secondary N) is 1. The highest BCUT2D eigenvalue weighted by molar-refractivity contribution is 7.89. The van der Waals surface area contributed by atoms with Gasteiger partial charge in [-0.05, 0) is 54.1 Å². The largest absolute Gasteiger partial charge is 0.497 e. The number of benzene rings is 3. The molecule has 0 fully saturated rings. The van der Waals surface area contributed by atoms with Crippen LogP contribution in [0.1, 0.15) is 12.5 Å². The third-order valence-corrected chi connectivity index (χ3v) is 6.67. The summed E-state index contributed by atoms with van der Waals surface area (Å²) >= 11 is 0. The molecule has 0 unspecified atom stereocenters. The number of hydrogen-bond donors (Lipinski definition) is 1. The van der Waals surface area contributed by atoms with Crippen LogP contribution in [0.15, 0.2) is 83.8 Å². The minimum absolute atomic E-state index is 0.0473. The van der Waals surface area contributed by atoms with Crippen LogP contribution in [0.5, 0.6) is 5.75 Å². The molecule has 3 aromatic rings. The van der Waals surface area contributed by atoms with Crippen LogP contribution in [0.25, 0.3) is 0 Å². The van der Waals surface area contributed by atoms with Crippen LogP contribution in [-0.2, 0) is 26.0 Å². The highest BCUT2D eigenvalue weighted by Crippen LogP contribution is 2.21. The number of hydrazine groups is 1. The maximum absolute atomic E-state index is 13.6. The SMILES string of the molecule is COc1ccc(N(C)C(=O)[C@H](Cc2ccccc2)N(NS(=O)(=O)c2ccc(F)cc2)C(C)=O)cc1. The van der Waals surface area contributed by atoms with E-state index in [1.807, 2.05) is 6.07 Å². The lowest BCUT2D eigenvalue weighted by atomic mass is 10.0. The number of methoxy groups -OCH3 is 1. The van der Waals surface area contributed by atoms with E-state index in [4.69, 9.17) is 4.74 Å². The average molecular weight is 500 g/mol. The molecule has 8 nitrogen and oxygen atoms in total. The van der Waals surface area contributed by atoms with Gasteiger partial charge in [0.1, 0.15) is 17.6 Å². The second-order valence-electron chi connectivity index (χ2n) is 7.74. The molecule has 0 aliphatic rings. The van der Waals surface area contributed by atoms with E-state index in [-0.39, 0.29) is 11.3 Å². The van der Waals surface area contributed by atoms with Crippen molar-refractivity contribution in [3.8, 4) is 5.75 Å². The minimum Gasteiger partial charge on any atom is -0.497 e. The summed E-state index contributed by atoms with van der Waals surface area (Å²) < 4.78 is 44.4. The van der Waals surface area contributed by atoms with Crippen molar-refractivity contribution in [3.05, 3.63) is 90.2 Å². The van der Waals surface area contributed by atoms with Gasteiger partial charge < -0.3 is 9.64 Å². The third-order valence-electron chi connectivity index (χ3n) is 5.34. The van der Waals surface area contributed by atoms with E-state index in [1.54, 1.807) is 48.5 Å². The second kappa shape index (κ2) is 11.1. The van der Waals surface area contributed by atoms with Gasteiger partial charge in [-0.3, -0.25) is 14.6 Å². The highest BCUT2D eigenvalue weighted by atomic mass is 32.2. The summed E-state index contributed by atoms with van der Waals surface area (Å²) in [6.07, 6.45) is 0.0473. The van der Waals surface area contributed by atoms with Crippen molar-refractivity contribution in [1.82, 2.24) is 9.84 Å². The van der Waals surface area contributed by atoms with E-state index < -0.39 is 33.7 Å². The number of sulfonamides is 1. The number of nitrogens with zero attached hydrogens (tertiary/aromatic N) is 2. The summed E-state index contributed by atoms with van der Waals surface area (Å²) in [5, 5.41) is 0.800. The van der Waals surface area contributed by atoms with Crippen LogP contribution in [0.4, 0.5) is 10.1 Å². The first-order chi connectivity index (χ1) is 16.6. The Labute approximate surface area is 204 Å². The van der Waals surface area contributed by atoms with E-state index in [1.165, 1.54) is 19.1 Å². The van der Waals surface area contributed by atoms with Crippen LogP contribution in [-0.4, -0.2) is 45.4 Å². The van der Waals surface area contributed by atoms with Crippen molar-refractivity contribution >= 4 is 27.5 Å². The molecule has 0 radical (unpaired) electrons. The van der Waals surface area contributed by atoms with E-state index in [2.05, 4.69) is 4.83 Å². The molecule has 0 aromatic heterocycles. The van der Waals surface area contributed by atoms with Crippen molar-refractivity contribution in [2.75, 3.05) is 19.1 Å². The summed E-state index contributed by atoms with van der Waals surface area (Å²) in [7, 11) is -1.23. The number of halogens is 1. The molecule has 0 aliphatic carbocycles. The zero-order valence-electron chi connectivity index (χ0n) is 19.5. The van der Waals surface area contributed by atoms with E-state index in [0.717, 1.165) is 41.8 Å². The number of ether oxygens (including phenoxy) is 1. The first-order valence-corrected chi connectivity index (χ1v) is 12.1. The summed E-state index contributed by atoms with van der Waals surface area (Å²) in [4.78, 5) is 29.6. The van der Waals surface area contributed by atoms with Crippen LogP contribution < -0.4 is 14.5 Å². The predicted octanol–water partition coefficient (Wildman–Crippen LogP) is 3.15. The normalized spacial score (nSPS) is 12.0. The first kappa shape index (κ1) is 25.9. The van der Waals surface area contributed by atoms with Gasteiger partial charge in [-0.25, -0.2) is 12.8 Å². The molecular weight excluding hydrogens is 473 g/mol. The van der Waals surface area contributed by atoms with Gasteiger partial charge in [0, 0.05) is 26.1 Å². The van der Waals surface area contributed by atoms with Crippen LogP contribution in [0, 0.1) is 5.82 Å². The molecule has 10 heteroatoms. The summed E-state index contributed by atoms with van der Waals surface area (Å²) in [6, 6.07) is 18.6. The standard InChI is InChI=1S/C25H26FN3O5S/c1-18(30)29(27-35(32,33)23-15-9-20(26)10-16-23)24(17-19-7-5-4-6-8-19)25(31)28(2)21-11-13-22(34-3)14-12-21/h4-16,24,27H,17H2,1-3H3/t24-/m0/s1. The van der Waals surface area contributed by atoms with Gasteiger partial charge in [0.15, 0.2) is 0 Å². The Kier molecular flexibility index (Phi) is 8.21. The van der Waals surface area contributed by atoms with Crippen molar-refractivity contribution in [2.45, 2.75) is 24.3 Å². The molecule has 0 heterocycles. The molecule has 2 amide bonds. The van der Waals surface area contributed by atoms with Crippen molar-refractivity contribution in [3.63, 3.8) is 0 Å². The van der Waals surface area contributed by atoms with Crippen molar-refractivity contribution in [2.24, 2.45) is 0 Å². The van der Waals surface area contributed by atoms with Gasteiger partial charge in [0.25, 0.3) is 15.9 Å². The minimum atomic E-state index is -4.29. The maximum atomic E-state index is 13.6. The number of anilines is 1. The molecule has 0 spiro atoms. The van der Waals surface area contributed by atoms with Gasteiger partial charge in [-0.1, -0.05) is 30.3 Å². The zero-order valence-corrected chi connectivity index (χ0v) is 20.3. The topological polar surface area (TPSA) is 96.0 Å². The highest BCUT2D eigenvalue weighted by Gasteiger charge is 2.34. The number of carbonyl (C=O) groups is 2. The molecule has 184 valence electrons. The third kappa shape index (κ3) is 6.43. The molecule has 0 aliphatic heterocycles. The lowest BCUT2D eigenvalue weighted by Gasteiger charge is -2.33. The molecule has 3 rings (SSSR count). The summed E-state index contributed by atoms with van der Waals surface area (Å²) in [5.41, 5.74) is 1.25. The number of rotatable bonds is 9. The monoisotopic (exact) mass is 499 g/mol. The summed E-state index contributed by atoms with van der Waals surface area (Å²) in [6.45, 7) is 1.16. The van der Waals surface area contributed by atoms with Gasteiger partial charge in [0.05, 0.1) is 12.0 Å². The molecular formula is C25H26FN3O5S. The average Bonchev–Trinajstić information content (AvgIpc) is 2.86. The molecule has 1 N–H and O–H groups in total. The Bertz CT molecular complexity index is 1270. The molecule has 35 heavy (non-hydrogen) atoms. The van der Waals surface area contributed by atoms with Crippen molar-refractivity contribution in [1.29, 1.82) is 0 Å². The van der Waals surface area contributed by atoms with Crippen LogP contribution >= 0.6 is 0 Å². The fraction of sp³-hybridized carbons (Fsp3) is 0.200. The first-order valence-electron chi connectivity index (χ1n) is 10.7. The lowest BCUT2D eigenvalue weighted by molar-refractivity contribution is -0.139. The number of carbonyl (C=O) groups excluding carboxylic acids is 2. The zero-order chi connectivity index (χ0) is 25.6. The molecule has 0 saturated heterocycles. The smallest absolute Gasteiger partial charge is 0.257 e. The second-order valence-corrected chi connectivity index (χ2v) is 9.40. The lowest BCUT2D eigenvalue weighted by Crippen LogP contribution is -2.57. The Morgan fingerprint density at radius 3 is 2.11 bits per heavy atom. The van der Waals surface area contributed by atoms with E-state index >= 15 is 0 Å². The Balaban J connectivity index is 1.98. The molecule has 0 saturated carbocycles. The van der Waals surface area contributed by atoms with Crippen molar-refractivity contribution < 1.29 is 27.1 Å². The Hall–Kier alpha value is -3.76. The fourth-order valence-electron chi connectivity index (χ4n) is 3.43. The molecule has 3 aromatic carbocycles. The Morgan fingerprint density at radius 1 is 0.971 bits per heavy atom. The number of likely N-dealkylation sites (N-methyl/N-ethyl adjacent to an activating group) is 1. The van der Waals surface area contributed by atoms with Gasteiger partial charge in [-0.2, -0.15) is 0 Å². The van der Waals surface area contributed by atoms with Gasteiger partial charge in [-0.15, -0.1) is 4.83 Å². The molecule has 0 bridgehead atoms. The van der Waals surface area contributed by atoms with Crippen LogP contribution in [0.3, 0.4) is 0 Å².